The van der Waals surface area contributed by atoms with E-state index in [1.54, 1.807) is 12.1 Å². The zero-order valence-electron chi connectivity index (χ0n) is 14.5. The maximum absolute atomic E-state index is 12.6. The molecule has 10 heteroatoms. The number of aromatic nitrogens is 1. The maximum atomic E-state index is 12.6. The summed E-state index contributed by atoms with van der Waals surface area (Å²) in [5.74, 6) is -1.76. The Morgan fingerprint density at radius 3 is 2.68 bits per heavy atom. The third-order valence-corrected chi connectivity index (χ3v) is 6.07. The molecule has 1 saturated carbocycles. The third kappa shape index (κ3) is 3.74. The molecule has 1 aromatic heterocycles. The molecule has 2 aliphatic rings. The van der Waals surface area contributed by atoms with Crippen molar-refractivity contribution in [3.63, 3.8) is 0 Å². The molecule has 2 amide bonds. The van der Waals surface area contributed by atoms with Crippen LogP contribution in [-0.2, 0) is 4.79 Å². The molecular formula is C18H17F3N4O2S. The fourth-order valence-corrected chi connectivity index (χ4v) is 4.61. The highest BCUT2D eigenvalue weighted by atomic mass is 32.1. The normalized spacial score (nSPS) is 23.6. The lowest BCUT2D eigenvalue weighted by molar-refractivity contribution is -0.167. The van der Waals surface area contributed by atoms with Crippen molar-refractivity contribution in [2.45, 2.75) is 31.1 Å². The fourth-order valence-electron chi connectivity index (χ4n) is 3.75. The second-order valence-electron chi connectivity index (χ2n) is 6.96. The number of carbonyl (C=O) groups excluding carboxylic acids is 2. The Labute approximate surface area is 162 Å². The van der Waals surface area contributed by atoms with Crippen molar-refractivity contribution < 1.29 is 22.8 Å². The van der Waals surface area contributed by atoms with Crippen LogP contribution in [-0.4, -0.2) is 41.6 Å². The van der Waals surface area contributed by atoms with Gasteiger partial charge in [-0.15, -0.1) is 11.3 Å². The maximum Gasteiger partial charge on any atom is 0.471 e. The van der Waals surface area contributed by atoms with Crippen LogP contribution in [0.15, 0.2) is 30.5 Å². The van der Waals surface area contributed by atoms with Crippen molar-refractivity contribution in [3.05, 3.63) is 35.5 Å². The Morgan fingerprint density at radius 1 is 1.21 bits per heavy atom. The smallest absolute Gasteiger partial charge is 0.346 e. The number of hydrogen-bond acceptors (Lipinski definition) is 5. The van der Waals surface area contributed by atoms with Gasteiger partial charge in [0.15, 0.2) is 5.01 Å². The zero-order valence-corrected chi connectivity index (χ0v) is 15.4. The summed E-state index contributed by atoms with van der Waals surface area (Å²) in [4.78, 5) is 28.4. The first kappa shape index (κ1) is 18.9. The summed E-state index contributed by atoms with van der Waals surface area (Å²) in [7, 11) is 0. The van der Waals surface area contributed by atoms with Crippen LogP contribution in [0.25, 0.3) is 10.4 Å². The first-order valence-corrected chi connectivity index (χ1v) is 9.60. The first-order valence-electron chi connectivity index (χ1n) is 8.79. The zero-order chi connectivity index (χ0) is 19.9. The minimum Gasteiger partial charge on any atom is -0.346 e. The Hall–Kier alpha value is -2.46. The molecule has 1 aliphatic heterocycles. The Morgan fingerprint density at radius 2 is 2.00 bits per heavy atom. The van der Waals surface area contributed by atoms with E-state index in [0.717, 1.165) is 30.7 Å². The summed E-state index contributed by atoms with van der Waals surface area (Å²) in [6, 6.07) is 6.45. The molecule has 6 nitrogen and oxygen atoms in total. The standard InChI is InChI=1S/C18H17F3N4O2S/c19-18(20,21)17(27)25-11-4-2-1-3-10(11)14-8-23-16(28-14)15(26)24-13-6-9-5-12(13)22-7-9/h1-4,8-9,12-13,22H,5-7H2,(H,24,26)(H,25,27). The van der Waals surface area contributed by atoms with E-state index < -0.39 is 12.1 Å². The van der Waals surface area contributed by atoms with Gasteiger partial charge in [-0.2, -0.15) is 13.2 Å². The number of benzene rings is 1. The summed E-state index contributed by atoms with van der Waals surface area (Å²) >= 11 is 1.07. The molecule has 1 aromatic carbocycles. The van der Waals surface area contributed by atoms with Crippen molar-refractivity contribution in [3.8, 4) is 10.4 Å². The number of amides is 2. The summed E-state index contributed by atoms with van der Waals surface area (Å²) in [6.07, 6.45) is -1.56. The van der Waals surface area contributed by atoms with Gasteiger partial charge in [0, 0.05) is 29.5 Å². The Kier molecular flexibility index (Phi) is 4.84. The highest BCUT2D eigenvalue weighted by Gasteiger charge is 2.40. The largest absolute Gasteiger partial charge is 0.471 e. The molecule has 2 aromatic rings. The summed E-state index contributed by atoms with van der Waals surface area (Å²) in [6.45, 7) is 0.985. The van der Waals surface area contributed by atoms with Gasteiger partial charge in [0.1, 0.15) is 0 Å². The number of fused-ring (bicyclic) bond motifs is 2. The molecule has 2 bridgehead atoms. The monoisotopic (exact) mass is 410 g/mol. The number of nitrogens with one attached hydrogen (secondary N) is 3. The van der Waals surface area contributed by atoms with Crippen LogP contribution < -0.4 is 16.0 Å². The van der Waals surface area contributed by atoms with Gasteiger partial charge < -0.3 is 16.0 Å². The van der Waals surface area contributed by atoms with E-state index in [1.165, 1.54) is 18.3 Å². The number of halogens is 3. The molecule has 0 spiro atoms. The number of hydrogen-bond donors (Lipinski definition) is 3. The lowest BCUT2D eigenvalue weighted by Crippen LogP contribution is -2.47. The van der Waals surface area contributed by atoms with Gasteiger partial charge in [-0.05, 0) is 31.4 Å². The molecule has 148 valence electrons. The van der Waals surface area contributed by atoms with Gasteiger partial charge in [0.25, 0.3) is 5.91 Å². The third-order valence-electron chi connectivity index (χ3n) is 5.04. The van der Waals surface area contributed by atoms with Crippen LogP contribution in [0.2, 0.25) is 0 Å². The van der Waals surface area contributed by atoms with Gasteiger partial charge in [-0.25, -0.2) is 4.98 Å². The number of alkyl halides is 3. The highest BCUT2D eigenvalue weighted by Crippen LogP contribution is 2.34. The van der Waals surface area contributed by atoms with E-state index in [1.807, 2.05) is 5.32 Å². The molecule has 2 fully saturated rings. The topological polar surface area (TPSA) is 83.1 Å². The van der Waals surface area contributed by atoms with E-state index in [4.69, 9.17) is 0 Å². The lowest BCUT2D eigenvalue weighted by atomic mass is 10.1. The van der Waals surface area contributed by atoms with E-state index in [9.17, 15) is 22.8 Å². The first-order chi connectivity index (χ1) is 13.3. The average Bonchev–Trinajstić information content (AvgIpc) is 3.38. The average molecular weight is 410 g/mol. The van der Waals surface area contributed by atoms with Crippen LogP contribution >= 0.6 is 11.3 Å². The van der Waals surface area contributed by atoms with Crippen molar-refractivity contribution in [1.82, 2.24) is 15.6 Å². The van der Waals surface area contributed by atoms with Crippen LogP contribution in [0.4, 0.5) is 18.9 Å². The van der Waals surface area contributed by atoms with Crippen molar-refractivity contribution in [1.29, 1.82) is 0 Å². The predicted octanol–water partition coefficient (Wildman–Crippen LogP) is 2.79. The molecule has 3 atom stereocenters. The summed E-state index contributed by atoms with van der Waals surface area (Å²) in [5, 5.41) is 8.46. The van der Waals surface area contributed by atoms with Crippen LogP contribution in [0, 0.1) is 5.92 Å². The lowest BCUT2D eigenvalue weighted by Gasteiger charge is -2.23. The van der Waals surface area contributed by atoms with Gasteiger partial charge >= 0.3 is 12.1 Å². The summed E-state index contributed by atoms with van der Waals surface area (Å²) < 4.78 is 37.7. The predicted molar refractivity (Wildman–Crippen MR) is 98.0 cm³/mol. The number of anilines is 1. The minimum atomic E-state index is -4.99. The molecule has 0 radical (unpaired) electrons. The van der Waals surface area contributed by atoms with Crippen LogP contribution in [0.5, 0.6) is 0 Å². The van der Waals surface area contributed by atoms with Crippen LogP contribution in [0.1, 0.15) is 22.6 Å². The van der Waals surface area contributed by atoms with Crippen molar-refractivity contribution in [2.24, 2.45) is 5.92 Å². The Bertz CT molecular complexity index is 914. The van der Waals surface area contributed by atoms with Crippen molar-refractivity contribution >= 4 is 28.8 Å². The molecule has 1 saturated heterocycles. The number of para-hydroxylation sites is 1. The Balaban J connectivity index is 1.50. The number of thiazole rings is 1. The quantitative estimate of drug-likeness (QED) is 0.724. The van der Waals surface area contributed by atoms with E-state index in [0.29, 0.717) is 16.4 Å². The van der Waals surface area contributed by atoms with E-state index in [2.05, 4.69) is 15.6 Å². The SMILES string of the molecule is O=C(NC1CC2CNC1C2)c1ncc(-c2ccccc2NC(=O)C(F)(F)F)s1. The summed E-state index contributed by atoms with van der Waals surface area (Å²) in [5.41, 5.74) is 0.385. The molecule has 3 unspecified atom stereocenters. The fraction of sp³-hybridized carbons (Fsp3) is 0.389. The number of nitrogens with zero attached hydrogens (tertiary/aromatic N) is 1. The number of piperidine rings is 1. The van der Waals surface area contributed by atoms with Gasteiger partial charge in [0.05, 0.1) is 4.88 Å². The molecule has 4 rings (SSSR count). The molecular weight excluding hydrogens is 393 g/mol. The second-order valence-corrected chi connectivity index (χ2v) is 7.99. The van der Waals surface area contributed by atoms with Gasteiger partial charge in [-0.1, -0.05) is 18.2 Å². The van der Waals surface area contributed by atoms with E-state index >= 15 is 0 Å². The molecule has 2 heterocycles. The molecule has 1 aliphatic carbocycles. The van der Waals surface area contributed by atoms with Crippen molar-refractivity contribution in [2.75, 3.05) is 11.9 Å². The van der Waals surface area contributed by atoms with Crippen LogP contribution in [0.3, 0.4) is 0 Å². The van der Waals surface area contributed by atoms with E-state index in [-0.39, 0.29) is 28.7 Å². The second kappa shape index (κ2) is 7.17. The van der Waals surface area contributed by atoms with Gasteiger partial charge in [-0.3, -0.25) is 9.59 Å². The number of rotatable bonds is 4. The molecule has 28 heavy (non-hydrogen) atoms. The van der Waals surface area contributed by atoms with Gasteiger partial charge in [0.2, 0.25) is 0 Å². The highest BCUT2D eigenvalue weighted by molar-refractivity contribution is 7.17. The number of carbonyl (C=O) groups is 2. The minimum absolute atomic E-state index is 0.0118. The molecule has 3 N–H and O–H groups in total.